The van der Waals surface area contributed by atoms with Crippen LogP contribution in [0.3, 0.4) is 0 Å². The molecule has 0 radical (unpaired) electrons. The Morgan fingerprint density at radius 3 is 2.83 bits per heavy atom. The molecule has 2 unspecified atom stereocenters. The summed E-state index contributed by atoms with van der Waals surface area (Å²) in [6.45, 7) is 4.76. The van der Waals surface area contributed by atoms with E-state index in [9.17, 15) is 0 Å². The van der Waals surface area contributed by atoms with Gasteiger partial charge in [0.2, 0.25) is 0 Å². The van der Waals surface area contributed by atoms with Gasteiger partial charge in [-0.3, -0.25) is 0 Å². The summed E-state index contributed by atoms with van der Waals surface area (Å²) in [4.78, 5) is 0. The van der Waals surface area contributed by atoms with Gasteiger partial charge in [-0.05, 0) is 30.1 Å². The fourth-order valence-corrected chi connectivity index (χ4v) is 3.28. The second-order valence-corrected chi connectivity index (χ2v) is 5.05. The molecule has 3 saturated carbocycles. The molecule has 0 spiro atoms. The van der Waals surface area contributed by atoms with Crippen LogP contribution in [-0.4, -0.2) is 19.9 Å². The third kappa shape index (κ3) is 0.698. The Kier molecular flexibility index (Phi) is 1.28. The van der Waals surface area contributed by atoms with Crippen molar-refractivity contribution in [2.24, 2.45) is 17.3 Å². The van der Waals surface area contributed by atoms with Crippen LogP contribution >= 0.6 is 0 Å². The van der Waals surface area contributed by atoms with E-state index in [1.165, 1.54) is 12.8 Å². The summed E-state index contributed by atoms with van der Waals surface area (Å²) in [5, 5.41) is 0. The highest BCUT2D eigenvalue weighted by Gasteiger charge is 2.59. The van der Waals surface area contributed by atoms with Crippen LogP contribution in [0.25, 0.3) is 0 Å². The van der Waals surface area contributed by atoms with Crippen LogP contribution < -0.4 is 0 Å². The van der Waals surface area contributed by atoms with Gasteiger partial charge in [-0.15, -0.1) is 0 Å². The molecule has 4 aliphatic rings. The molecule has 1 saturated heterocycles. The van der Waals surface area contributed by atoms with Crippen molar-refractivity contribution < 1.29 is 9.31 Å². The average molecular weight is 166 g/mol. The monoisotopic (exact) mass is 166 g/mol. The zero-order chi connectivity index (χ0) is 8.34. The quantitative estimate of drug-likeness (QED) is 0.501. The molecule has 0 aromatic rings. The van der Waals surface area contributed by atoms with Gasteiger partial charge in [-0.1, -0.05) is 13.8 Å². The SMILES string of the molecule is CC1(C)[C@H]2CC3OBOC3[C@@H]1C2. The van der Waals surface area contributed by atoms with Crippen molar-refractivity contribution in [2.75, 3.05) is 0 Å². The highest BCUT2D eigenvalue weighted by Crippen LogP contribution is 2.61. The topological polar surface area (TPSA) is 18.5 Å². The summed E-state index contributed by atoms with van der Waals surface area (Å²) >= 11 is 0. The average Bonchev–Trinajstić information content (AvgIpc) is 2.49. The fourth-order valence-electron chi connectivity index (χ4n) is 3.28. The normalized spacial score (nSPS) is 53.8. The maximum atomic E-state index is 5.62. The molecule has 1 aliphatic heterocycles. The third-order valence-corrected chi connectivity index (χ3v) is 4.37. The van der Waals surface area contributed by atoms with Crippen LogP contribution in [0.1, 0.15) is 26.7 Å². The van der Waals surface area contributed by atoms with Crippen LogP contribution in [-0.2, 0) is 9.31 Å². The van der Waals surface area contributed by atoms with Crippen molar-refractivity contribution >= 4 is 7.69 Å². The predicted molar refractivity (Wildman–Crippen MR) is 46.9 cm³/mol. The molecule has 1 heterocycles. The van der Waals surface area contributed by atoms with E-state index in [1.807, 2.05) is 0 Å². The Labute approximate surface area is 73.9 Å². The van der Waals surface area contributed by atoms with Crippen molar-refractivity contribution in [1.29, 1.82) is 0 Å². The van der Waals surface area contributed by atoms with E-state index >= 15 is 0 Å². The molecule has 2 nitrogen and oxygen atoms in total. The lowest BCUT2D eigenvalue weighted by atomic mass is 9.47. The molecule has 2 bridgehead atoms. The Morgan fingerprint density at radius 1 is 1.25 bits per heavy atom. The van der Waals surface area contributed by atoms with Gasteiger partial charge in [0.05, 0.1) is 12.2 Å². The first-order valence-corrected chi connectivity index (χ1v) is 4.93. The van der Waals surface area contributed by atoms with Crippen molar-refractivity contribution in [3.8, 4) is 0 Å². The first kappa shape index (κ1) is 7.39. The molecule has 4 fully saturated rings. The fraction of sp³-hybridized carbons (Fsp3) is 1.00. The molecule has 4 rings (SSSR count). The minimum Gasteiger partial charge on any atom is -0.409 e. The molecule has 0 aromatic carbocycles. The van der Waals surface area contributed by atoms with Crippen LogP contribution in [0.4, 0.5) is 0 Å². The summed E-state index contributed by atoms with van der Waals surface area (Å²) < 4.78 is 11.1. The van der Waals surface area contributed by atoms with E-state index in [-0.39, 0.29) is 0 Å². The first-order chi connectivity index (χ1) is 5.69. The maximum Gasteiger partial charge on any atom is 0.438 e. The summed E-state index contributed by atoms with van der Waals surface area (Å²) in [7, 11) is 0.536. The molecular formula is C9H15BO2. The third-order valence-electron chi connectivity index (χ3n) is 4.37. The second kappa shape index (κ2) is 2.07. The van der Waals surface area contributed by atoms with Crippen molar-refractivity contribution in [3.63, 3.8) is 0 Å². The van der Waals surface area contributed by atoms with E-state index < -0.39 is 0 Å². The molecule has 3 heteroatoms. The Balaban J connectivity index is 1.88. The zero-order valence-electron chi connectivity index (χ0n) is 7.75. The van der Waals surface area contributed by atoms with Crippen molar-refractivity contribution in [2.45, 2.75) is 38.9 Å². The molecule has 0 N–H and O–H groups in total. The van der Waals surface area contributed by atoms with Crippen molar-refractivity contribution in [3.05, 3.63) is 0 Å². The Hall–Kier alpha value is -0.0151. The van der Waals surface area contributed by atoms with Crippen molar-refractivity contribution in [1.82, 2.24) is 0 Å². The van der Waals surface area contributed by atoms with E-state index in [0.717, 1.165) is 11.8 Å². The summed E-state index contributed by atoms with van der Waals surface area (Å²) in [5.74, 6) is 1.66. The number of hydrogen-bond donors (Lipinski definition) is 0. The largest absolute Gasteiger partial charge is 0.438 e. The molecule has 0 aromatic heterocycles. The van der Waals surface area contributed by atoms with E-state index in [4.69, 9.17) is 9.31 Å². The van der Waals surface area contributed by atoms with Gasteiger partial charge in [-0.25, -0.2) is 0 Å². The van der Waals surface area contributed by atoms with Gasteiger partial charge >= 0.3 is 7.69 Å². The summed E-state index contributed by atoms with van der Waals surface area (Å²) in [6.07, 6.45) is 3.46. The minimum absolute atomic E-state index is 0.421. The first-order valence-electron chi connectivity index (χ1n) is 4.93. The van der Waals surface area contributed by atoms with E-state index in [1.54, 1.807) is 0 Å². The number of rotatable bonds is 0. The summed E-state index contributed by atoms with van der Waals surface area (Å²) in [5.41, 5.74) is 0.523. The molecular weight excluding hydrogens is 151 g/mol. The molecule has 66 valence electrons. The van der Waals surface area contributed by atoms with Gasteiger partial charge in [0.1, 0.15) is 0 Å². The Morgan fingerprint density at radius 2 is 2.08 bits per heavy atom. The van der Waals surface area contributed by atoms with Crippen LogP contribution in [0.5, 0.6) is 0 Å². The predicted octanol–water partition coefficient (Wildman–Crippen LogP) is 1.10. The lowest BCUT2D eigenvalue weighted by Crippen LogP contribution is -2.59. The summed E-state index contributed by atoms with van der Waals surface area (Å²) in [6, 6.07) is 0. The smallest absolute Gasteiger partial charge is 0.409 e. The van der Waals surface area contributed by atoms with E-state index in [0.29, 0.717) is 25.3 Å². The highest BCUT2D eigenvalue weighted by atomic mass is 16.6. The van der Waals surface area contributed by atoms with Crippen LogP contribution in [0, 0.1) is 17.3 Å². The zero-order valence-corrected chi connectivity index (χ0v) is 7.75. The highest BCUT2D eigenvalue weighted by molar-refractivity contribution is 6.19. The van der Waals surface area contributed by atoms with Crippen LogP contribution in [0.2, 0.25) is 0 Å². The standard InChI is InChI=1S/C9H15BO2/c1-9(2)5-3-6(9)8-7(4-5)11-10-12-8/h5-8,10H,3-4H2,1-2H3/t5-,6+,7?,8?/m1/s1. The van der Waals surface area contributed by atoms with Gasteiger partial charge in [0.25, 0.3) is 0 Å². The van der Waals surface area contributed by atoms with Gasteiger partial charge in [0, 0.05) is 0 Å². The van der Waals surface area contributed by atoms with Crippen LogP contribution in [0.15, 0.2) is 0 Å². The second-order valence-electron chi connectivity index (χ2n) is 5.05. The molecule has 12 heavy (non-hydrogen) atoms. The van der Waals surface area contributed by atoms with Gasteiger partial charge in [-0.2, -0.15) is 0 Å². The maximum absolute atomic E-state index is 5.62. The minimum atomic E-state index is 0.421. The van der Waals surface area contributed by atoms with Gasteiger partial charge in [0.15, 0.2) is 0 Å². The molecule has 4 atom stereocenters. The molecule has 3 aliphatic carbocycles. The van der Waals surface area contributed by atoms with E-state index in [2.05, 4.69) is 13.8 Å². The lowest BCUT2D eigenvalue weighted by molar-refractivity contribution is -0.150. The molecule has 0 amide bonds. The Bertz CT molecular complexity index is 217. The number of hydrogen-bond acceptors (Lipinski definition) is 2. The lowest BCUT2D eigenvalue weighted by Gasteiger charge is -2.60. The van der Waals surface area contributed by atoms with Gasteiger partial charge < -0.3 is 9.31 Å².